The van der Waals surface area contributed by atoms with Gasteiger partial charge >= 0.3 is 0 Å². The summed E-state index contributed by atoms with van der Waals surface area (Å²) in [7, 11) is 5.22. The number of aliphatic hydroxyl groups is 1. The number of likely N-dealkylation sites (tertiary alicyclic amines) is 2. The highest BCUT2D eigenvalue weighted by molar-refractivity contribution is 7.13. The Labute approximate surface area is 184 Å². The number of aliphatic hydroxyl groups excluding tert-OH is 1. The van der Waals surface area contributed by atoms with Gasteiger partial charge in [0.2, 0.25) is 0 Å². The van der Waals surface area contributed by atoms with Gasteiger partial charge in [0, 0.05) is 50.5 Å². The van der Waals surface area contributed by atoms with E-state index in [0.29, 0.717) is 16.7 Å². The molecule has 0 amide bonds. The molecule has 170 valence electrons. The fourth-order valence-electron chi connectivity index (χ4n) is 4.20. The molecule has 2 aliphatic heterocycles. The highest BCUT2D eigenvalue weighted by Gasteiger charge is 2.51. The van der Waals surface area contributed by atoms with E-state index < -0.39 is 0 Å². The van der Waals surface area contributed by atoms with Gasteiger partial charge in [0.1, 0.15) is 12.6 Å². The van der Waals surface area contributed by atoms with E-state index in [1.165, 1.54) is 11.3 Å². The minimum Gasteiger partial charge on any atom is -0.400 e. The maximum atomic E-state index is 10.8. The van der Waals surface area contributed by atoms with E-state index in [2.05, 4.69) is 42.7 Å². The van der Waals surface area contributed by atoms with Crippen LogP contribution in [0.1, 0.15) is 40.6 Å². The molecule has 3 fully saturated rings. The second kappa shape index (κ2) is 11.2. The van der Waals surface area contributed by atoms with E-state index in [0.717, 1.165) is 74.1 Å². The summed E-state index contributed by atoms with van der Waals surface area (Å²) in [5.74, 6) is 0.645. The summed E-state index contributed by atoms with van der Waals surface area (Å²) in [5, 5.41) is 7.95. The van der Waals surface area contributed by atoms with Crippen molar-refractivity contribution in [2.45, 2.75) is 34.1 Å². The number of rotatable bonds is 3. The number of aromatic nitrogens is 1. The molecule has 2 saturated heterocycles. The monoisotopic (exact) mass is 439 g/mol. The lowest BCUT2D eigenvalue weighted by Crippen LogP contribution is -2.58. The van der Waals surface area contributed by atoms with E-state index in [-0.39, 0.29) is 5.92 Å². The van der Waals surface area contributed by atoms with Crippen LogP contribution in [0.15, 0.2) is 0 Å². The van der Waals surface area contributed by atoms with E-state index in [1.807, 2.05) is 13.8 Å². The summed E-state index contributed by atoms with van der Waals surface area (Å²) in [4.78, 5) is 40.4. The predicted octanol–water partition coefficient (Wildman–Crippen LogP) is 2.09. The van der Waals surface area contributed by atoms with Gasteiger partial charge in [-0.1, -0.05) is 13.8 Å². The van der Waals surface area contributed by atoms with Crippen molar-refractivity contribution in [1.82, 2.24) is 14.8 Å². The highest BCUT2D eigenvalue weighted by Crippen LogP contribution is 2.49. The Bertz CT molecular complexity index is 713. The van der Waals surface area contributed by atoms with Crippen molar-refractivity contribution >= 4 is 30.2 Å². The number of carbonyl (C=O) groups is 3. The summed E-state index contributed by atoms with van der Waals surface area (Å²) in [5.41, 5.74) is 1.50. The first-order chi connectivity index (χ1) is 14.1. The van der Waals surface area contributed by atoms with Crippen LogP contribution >= 0.6 is 11.3 Å². The molecule has 2 atom stereocenters. The molecule has 2 unspecified atom stereocenters. The molecular formula is C22H37N3O4S. The third-order valence-corrected chi connectivity index (χ3v) is 7.01. The van der Waals surface area contributed by atoms with Crippen LogP contribution in [-0.4, -0.2) is 86.1 Å². The number of aryl methyl sites for hydroxylation is 2. The van der Waals surface area contributed by atoms with E-state index in [1.54, 1.807) is 0 Å². The smallest absolute Gasteiger partial charge is 0.161 e. The van der Waals surface area contributed by atoms with Gasteiger partial charge < -0.3 is 24.5 Å². The first-order valence-corrected chi connectivity index (χ1v) is 11.0. The molecule has 1 aromatic rings. The molecule has 0 radical (unpaired) electrons. The van der Waals surface area contributed by atoms with Crippen molar-refractivity contribution in [1.29, 1.82) is 0 Å². The Morgan fingerprint density at radius 3 is 1.77 bits per heavy atom. The van der Waals surface area contributed by atoms with Crippen LogP contribution in [0, 0.1) is 36.5 Å². The molecular weight excluding hydrogens is 402 g/mol. The average Bonchev–Trinajstić information content (AvgIpc) is 2.98. The fourth-order valence-corrected chi connectivity index (χ4v) is 4.94. The third-order valence-electron chi connectivity index (χ3n) is 6.01. The highest BCUT2D eigenvalue weighted by atomic mass is 32.1. The van der Waals surface area contributed by atoms with Crippen LogP contribution in [0.5, 0.6) is 0 Å². The molecule has 1 aliphatic carbocycles. The fraction of sp³-hybridized carbons (Fsp3) is 0.727. The Morgan fingerprint density at radius 1 is 1.00 bits per heavy atom. The van der Waals surface area contributed by atoms with Crippen molar-refractivity contribution < 1.29 is 19.5 Å². The van der Waals surface area contributed by atoms with E-state index in [4.69, 9.17) is 5.11 Å². The minimum atomic E-state index is 0.277. The maximum Gasteiger partial charge on any atom is 0.161 e. The molecule has 1 saturated carbocycles. The molecule has 1 aromatic heterocycles. The van der Waals surface area contributed by atoms with Crippen molar-refractivity contribution in [3.63, 3.8) is 0 Å². The lowest BCUT2D eigenvalue weighted by molar-refractivity contribution is -0.117. The van der Waals surface area contributed by atoms with Crippen LogP contribution in [-0.2, 0) is 9.59 Å². The Kier molecular flexibility index (Phi) is 9.94. The molecule has 3 heterocycles. The average molecular weight is 440 g/mol. The first-order valence-electron chi connectivity index (χ1n) is 10.2. The van der Waals surface area contributed by atoms with Crippen LogP contribution < -0.4 is 0 Å². The molecule has 3 aliphatic rings. The number of carbonyl (C=O) groups excluding carboxylic acids is 3. The zero-order valence-electron chi connectivity index (χ0n) is 19.3. The minimum absolute atomic E-state index is 0.277. The number of hydrogen-bond acceptors (Lipinski definition) is 8. The van der Waals surface area contributed by atoms with Crippen molar-refractivity contribution in [2.75, 3.05) is 47.4 Å². The van der Waals surface area contributed by atoms with Gasteiger partial charge in [-0.2, -0.15) is 0 Å². The van der Waals surface area contributed by atoms with E-state index in [9.17, 15) is 14.4 Å². The lowest BCUT2D eigenvalue weighted by Gasteiger charge is -2.48. The molecule has 7 nitrogen and oxygen atoms in total. The van der Waals surface area contributed by atoms with Gasteiger partial charge in [-0.15, -0.1) is 11.3 Å². The lowest BCUT2D eigenvalue weighted by atomic mass is 9.72. The number of thiazole rings is 1. The molecule has 4 rings (SSSR count). The van der Waals surface area contributed by atoms with Gasteiger partial charge in [0.15, 0.2) is 6.29 Å². The van der Waals surface area contributed by atoms with Gasteiger partial charge in [0.25, 0.3) is 0 Å². The zero-order valence-corrected chi connectivity index (χ0v) is 20.2. The summed E-state index contributed by atoms with van der Waals surface area (Å²) in [6.45, 7) is 12.2. The second-order valence-electron chi connectivity index (χ2n) is 9.21. The zero-order chi connectivity index (χ0) is 23.1. The second-order valence-corrected chi connectivity index (χ2v) is 10.4. The summed E-state index contributed by atoms with van der Waals surface area (Å²) < 4.78 is 0. The number of hydrogen-bond donors (Lipinski definition) is 1. The molecule has 0 bridgehead atoms. The van der Waals surface area contributed by atoms with Crippen molar-refractivity contribution in [3.8, 4) is 0 Å². The summed E-state index contributed by atoms with van der Waals surface area (Å²) >= 11 is 1.44. The predicted molar refractivity (Wildman–Crippen MR) is 120 cm³/mol. The molecule has 1 N–H and O–H groups in total. The van der Waals surface area contributed by atoms with Crippen molar-refractivity contribution in [2.24, 2.45) is 22.7 Å². The third kappa shape index (κ3) is 6.77. The number of nitrogens with zero attached hydrogens (tertiary/aromatic N) is 3. The quantitative estimate of drug-likeness (QED) is 0.721. The van der Waals surface area contributed by atoms with Crippen LogP contribution in [0.2, 0.25) is 0 Å². The van der Waals surface area contributed by atoms with Gasteiger partial charge in [-0.25, -0.2) is 4.98 Å². The maximum absolute atomic E-state index is 10.8. The Balaban J connectivity index is 0.000000224. The van der Waals surface area contributed by atoms with Gasteiger partial charge in [0.05, 0.1) is 15.6 Å². The molecule has 8 heteroatoms. The molecule has 30 heavy (non-hydrogen) atoms. The Morgan fingerprint density at radius 2 is 1.50 bits per heavy atom. The van der Waals surface area contributed by atoms with E-state index >= 15 is 0 Å². The molecule has 1 spiro atoms. The van der Waals surface area contributed by atoms with Crippen LogP contribution in [0.25, 0.3) is 0 Å². The van der Waals surface area contributed by atoms with Crippen molar-refractivity contribution in [3.05, 3.63) is 15.6 Å². The SMILES string of the molecule is CC1(C)CC1C=O.CN1CC(C=O)C2(C1)CN(C)C2.CO.Cc1nc(C)c(C=O)s1. The normalized spacial score (nSPS) is 25.3. The number of aldehydes is 3. The van der Waals surface area contributed by atoms with Gasteiger partial charge in [-0.05, 0) is 39.8 Å². The topological polar surface area (TPSA) is 90.8 Å². The summed E-state index contributed by atoms with van der Waals surface area (Å²) in [6, 6.07) is 0. The van der Waals surface area contributed by atoms with Crippen LogP contribution in [0.4, 0.5) is 0 Å². The van der Waals surface area contributed by atoms with Gasteiger partial charge in [-0.3, -0.25) is 4.79 Å². The largest absolute Gasteiger partial charge is 0.400 e. The Hall–Kier alpha value is -1.48. The standard InChI is InChI=1S/C9H16N2O.C6H7NOS.C6H10O.CH4O/c1-10-3-8(4-12)9(5-10)6-11(2)7-9;1-4-6(3-8)9-5(2)7-4;1-6(2)3-5(6)4-7;1-2/h4,8H,3,5-7H2,1-2H3;3H,1-2H3;4-5H,3H2,1-2H3;2H,1H3. The molecule has 0 aromatic carbocycles. The summed E-state index contributed by atoms with van der Waals surface area (Å²) in [6.07, 6.45) is 4.15. The first kappa shape index (κ1) is 26.6. The van der Waals surface area contributed by atoms with Crippen LogP contribution in [0.3, 0.4) is 0 Å².